The molecule has 0 spiro atoms. The highest BCUT2D eigenvalue weighted by Crippen LogP contribution is 2.26. The van der Waals surface area contributed by atoms with E-state index in [0.29, 0.717) is 0 Å². The highest BCUT2D eigenvalue weighted by Gasteiger charge is 2.20. The zero-order valence-corrected chi connectivity index (χ0v) is 13.9. The standard InChI is InChI=1S/C10H9O7P.C4H10/c1-15-9(11)6-3-7(10(12)16-2)5-8(4-6)17-18(13)14;1-3-4-2/h3-5H,1-2H3;3-4H2,1-2H3/p+1. The first-order chi connectivity index (χ1) is 10.4. The van der Waals surface area contributed by atoms with Crippen molar-refractivity contribution in [2.75, 3.05) is 14.2 Å². The number of benzene rings is 1. The monoisotopic (exact) mass is 331 g/mol. The summed E-state index contributed by atoms with van der Waals surface area (Å²) in [4.78, 5) is 31.3. The Morgan fingerprint density at radius 3 is 1.68 bits per heavy atom. The van der Waals surface area contributed by atoms with Crippen molar-refractivity contribution < 1.29 is 33.0 Å². The van der Waals surface area contributed by atoms with Crippen LogP contribution in [0.25, 0.3) is 0 Å². The van der Waals surface area contributed by atoms with Crippen molar-refractivity contribution in [2.24, 2.45) is 0 Å². The fraction of sp³-hybridized carbons (Fsp3) is 0.429. The number of unbranched alkanes of at least 4 members (excludes halogenated alkanes) is 1. The summed E-state index contributed by atoms with van der Waals surface area (Å²) in [6, 6.07) is 3.60. The van der Waals surface area contributed by atoms with E-state index < -0.39 is 20.2 Å². The Hall–Kier alpha value is -1.98. The van der Waals surface area contributed by atoms with Crippen molar-refractivity contribution in [3.63, 3.8) is 0 Å². The molecule has 122 valence electrons. The van der Waals surface area contributed by atoms with Gasteiger partial charge in [0.2, 0.25) is 0 Å². The van der Waals surface area contributed by atoms with E-state index in [-0.39, 0.29) is 16.9 Å². The maximum Gasteiger partial charge on any atom is 0.747 e. The number of hydrogen-bond donors (Lipinski definition) is 1. The van der Waals surface area contributed by atoms with Crippen molar-refractivity contribution in [3.8, 4) is 5.75 Å². The molecule has 0 aliphatic rings. The van der Waals surface area contributed by atoms with Gasteiger partial charge in [-0.2, -0.15) is 0 Å². The Balaban J connectivity index is 0.000000980. The van der Waals surface area contributed by atoms with Gasteiger partial charge in [0, 0.05) is 16.7 Å². The van der Waals surface area contributed by atoms with Crippen LogP contribution >= 0.6 is 8.25 Å². The molecule has 0 aliphatic heterocycles. The summed E-state index contributed by atoms with van der Waals surface area (Å²) >= 11 is 0. The molecule has 1 atom stereocenters. The largest absolute Gasteiger partial charge is 0.747 e. The van der Waals surface area contributed by atoms with Gasteiger partial charge in [-0.1, -0.05) is 26.7 Å². The van der Waals surface area contributed by atoms with E-state index in [9.17, 15) is 14.2 Å². The van der Waals surface area contributed by atoms with E-state index in [1.165, 1.54) is 45.3 Å². The molecule has 0 saturated carbocycles. The number of carbonyl (C=O) groups excluding carboxylic acids is 2. The molecule has 1 unspecified atom stereocenters. The predicted octanol–water partition coefficient (Wildman–Crippen LogP) is 3.09. The average molecular weight is 331 g/mol. The van der Waals surface area contributed by atoms with Gasteiger partial charge in [-0.3, -0.25) is 0 Å². The van der Waals surface area contributed by atoms with Crippen molar-refractivity contribution in [3.05, 3.63) is 29.3 Å². The van der Waals surface area contributed by atoms with E-state index >= 15 is 0 Å². The van der Waals surface area contributed by atoms with Gasteiger partial charge < -0.3 is 9.47 Å². The molecule has 0 amide bonds. The molecule has 0 saturated heterocycles. The summed E-state index contributed by atoms with van der Waals surface area (Å²) < 4.78 is 24.1. The van der Waals surface area contributed by atoms with Crippen molar-refractivity contribution in [1.82, 2.24) is 0 Å². The lowest BCUT2D eigenvalue weighted by molar-refractivity contribution is 0.0598. The SMILES string of the molecule is CCCC.COC(=O)c1cc(O[P+](=O)O)cc(C(=O)OC)c1. The van der Waals surface area contributed by atoms with Crippen LogP contribution in [0.15, 0.2) is 18.2 Å². The lowest BCUT2D eigenvalue weighted by atomic mass is 10.1. The molecule has 0 radical (unpaired) electrons. The first-order valence-electron chi connectivity index (χ1n) is 6.55. The Morgan fingerprint density at radius 1 is 1.00 bits per heavy atom. The molecule has 1 aromatic rings. The summed E-state index contributed by atoms with van der Waals surface area (Å²) in [7, 11) is -0.569. The van der Waals surface area contributed by atoms with Gasteiger partial charge in [0.1, 0.15) is 0 Å². The van der Waals surface area contributed by atoms with Crippen LogP contribution < -0.4 is 4.52 Å². The maximum atomic E-state index is 11.3. The topological polar surface area (TPSA) is 99.1 Å². The third-order valence-electron chi connectivity index (χ3n) is 2.43. The third-order valence-corrected chi connectivity index (χ3v) is 2.80. The number of hydrogen-bond acceptors (Lipinski definition) is 6. The van der Waals surface area contributed by atoms with Gasteiger partial charge >= 0.3 is 20.2 Å². The van der Waals surface area contributed by atoms with E-state index in [0.717, 1.165) is 0 Å². The van der Waals surface area contributed by atoms with Crippen LogP contribution in [0.1, 0.15) is 47.4 Å². The van der Waals surface area contributed by atoms with Gasteiger partial charge in [0.05, 0.1) is 25.3 Å². The zero-order chi connectivity index (χ0) is 17.1. The molecular formula is C14H20O7P+. The summed E-state index contributed by atoms with van der Waals surface area (Å²) in [5.41, 5.74) is 0.0134. The van der Waals surface area contributed by atoms with Crippen LogP contribution in [-0.4, -0.2) is 31.1 Å². The molecule has 0 aromatic heterocycles. The number of ether oxygens (including phenoxy) is 2. The van der Waals surface area contributed by atoms with Crippen LogP contribution in [0, 0.1) is 0 Å². The smallest absolute Gasteiger partial charge is 0.465 e. The fourth-order valence-electron chi connectivity index (χ4n) is 1.21. The molecule has 22 heavy (non-hydrogen) atoms. The predicted molar refractivity (Wildman–Crippen MR) is 80.2 cm³/mol. The highest BCUT2D eigenvalue weighted by atomic mass is 31.1. The van der Waals surface area contributed by atoms with Crippen LogP contribution in [0.3, 0.4) is 0 Å². The summed E-state index contributed by atoms with van der Waals surface area (Å²) in [6.45, 7) is 4.36. The first-order valence-corrected chi connectivity index (χ1v) is 7.68. The lowest BCUT2D eigenvalue weighted by Gasteiger charge is -2.04. The third kappa shape index (κ3) is 7.15. The number of carbonyl (C=O) groups is 2. The quantitative estimate of drug-likeness (QED) is 0.653. The molecule has 1 rings (SSSR count). The van der Waals surface area contributed by atoms with Crippen LogP contribution in [0.5, 0.6) is 5.75 Å². The minimum Gasteiger partial charge on any atom is -0.465 e. The maximum absolute atomic E-state index is 11.3. The normalized spacial score (nSPS) is 9.95. The van der Waals surface area contributed by atoms with Crippen LogP contribution in [-0.2, 0) is 14.0 Å². The van der Waals surface area contributed by atoms with Gasteiger partial charge in [-0.15, -0.1) is 4.89 Å². The highest BCUT2D eigenvalue weighted by molar-refractivity contribution is 7.32. The van der Waals surface area contributed by atoms with Crippen molar-refractivity contribution >= 4 is 20.2 Å². The Bertz CT molecular complexity index is 492. The van der Waals surface area contributed by atoms with Crippen LogP contribution in [0.2, 0.25) is 0 Å². The molecule has 0 aliphatic carbocycles. The first kappa shape index (κ1) is 20.0. The fourth-order valence-corrected chi connectivity index (χ4v) is 1.50. The van der Waals surface area contributed by atoms with E-state index in [2.05, 4.69) is 27.8 Å². The van der Waals surface area contributed by atoms with Gasteiger partial charge in [0.15, 0.2) is 5.75 Å². The lowest BCUT2D eigenvalue weighted by Crippen LogP contribution is -2.06. The van der Waals surface area contributed by atoms with E-state index in [1.807, 2.05) is 0 Å². The Morgan fingerprint density at radius 2 is 1.41 bits per heavy atom. The molecule has 0 bridgehead atoms. The van der Waals surface area contributed by atoms with Crippen LogP contribution in [0.4, 0.5) is 0 Å². The minimum absolute atomic E-state index is 0.00671. The number of methoxy groups -OCH3 is 2. The summed E-state index contributed by atoms with van der Waals surface area (Å²) in [6.07, 6.45) is 2.64. The van der Waals surface area contributed by atoms with Gasteiger partial charge in [0.25, 0.3) is 0 Å². The molecule has 8 heteroatoms. The van der Waals surface area contributed by atoms with Crippen molar-refractivity contribution in [2.45, 2.75) is 26.7 Å². The molecule has 0 fully saturated rings. The molecular weight excluding hydrogens is 311 g/mol. The van der Waals surface area contributed by atoms with E-state index in [1.54, 1.807) is 0 Å². The molecule has 1 N–H and O–H groups in total. The van der Waals surface area contributed by atoms with E-state index in [4.69, 9.17) is 4.89 Å². The average Bonchev–Trinajstić information content (AvgIpc) is 2.52. The second kappa shape index (κ2) is 10.7. The van der Waals surface area contributed by atoms with Gasteiger partial charge in [-0.05, 0) is 6.07 Å². The summed E-state index contributed by atoms with van der Waals surface area (Å²) in [5, 5.41) is 0. The number of rotatable bonds is 5. The molecule has 0 heterocycles. The van der Waals surface area contributed by atoms with Gasteiger partial charge in [-0.25, -0.2) is 14.1 Å². The minimum atomic E-state index is -2.90. The Kier molecular flexibility index (Phi) is 9.74. The summed E-state index contributed by atoms with van der Waals surface area (Å²) in [5.74, 6) is -1.53. The zero-order valence-electron chi connectivity index (χ0n) is 13.0. The second-order valence-electron chi connectivity index (χ2n) is 4.06. The second-order valence-corrected chi connectivity index (χ2v) is 4.72. The number of esters is 2. The van der Waals surface area contributed by atoms with Crippen molar-refractivity contribution in [1.29, 1.82) is 0 Å². The molecule has 7 nitrogen and oxygen atoms in total. The Labute approximate surface area is 130 Å². The molecule has 1 aromatic carbocycles.